The van der Waals surface area contributed by atoms with Crippen molar-refractivity contribution in [2.24, 2.45) is 0 Å². The first-order valence-electron chi connectivity index (χ1n) is 8.07. The molecule has 0 N–H and O–H groups in total. The number of amides is 1. The molecule has 2 aliphatic heterocycles. The summed E-state index contributed by atoms with van der Waals surface area (Å²) in [6.07, 6.45) is 0. The van der Waals surface area contributed by atoms with Gasteiger partial charge in [0.25, 0.3) is 5.91 Å². The molecule has 0 aromatic heterocycles. The van der Waals surface area contributed by atoms with Crippen LogP contribution in [0.15, 0.2) is 29.2 Å². The topological polar surface area (TPSA) is 76.2 Å². The lowest BCUT2D eigenvalue weighted by atomic mass is 10.2. The number of carbonyl (C=O) groups is 1. The van der Waals surface area contributed by atoms with Gasteiger partial charge >= 0.3 is 0 Å². The standard InChI is InChI=1S/C16H22N2O5S/c1-13-12-23-11-8-18(13)24(20,21)15-4-2-14(3-5-15)16(19)17-6-9-22-10-7-17/h2-5,13H,6-12H2,1H3. The van der Waals surface area contributed by atoms with E-state index in [9.17, 15) is 13.2 Å². The van der Waals surface area contributed by atoms with Gasteiger partial charge in [0, 0.05) is 31.2 Å². The SMILES string of the molecule is CC1COCCN1S(=O)(=O)c1ccc(C(=O)N2CCOCC2)cc1. The molecule has 2 heterocycles. The summed E-state index contributed by atoms with van der Waals surface area (Å²) in [5.41, 5.74) is 0.492. The Hall–Kier alpha value is -1.48. The van der Waals surface area contributed by atoms with Gasteiger partial charge < -0.3 is 14.4 Å². The highest BCUT2D eigenvalue weighted by Gasteiger charge is 2.31. The highest BCUT2D eigenvalue weighted by atomic mass is 32.2. The smallest absolute Gasteiger partial charge is 0.254 e. The second kappa shape index (κ2) is 7.18. The molecule has 0 bridgehead atoms. The third-order valence-corrected chi connectivity index (χ3v) is 6.34. The molecule has 1 atom stereocenters. The summed E-state index contributed by atoms with van der Waals surface area (Å²) in [5.74, 6) is -0.0954. The van der Waals surface area contributed by atoms with E-state index in [0.717, 1.165) is 0 Å². The maximum atomic E-state index is 12.7. The van der Waals surface area contributed by atoms with Crippen LogP contribution in [0, 0.1) is 0 Å². The number of sulfonamides is 1. The average Bonchev–Trinajstić information content (AvgIpc) is 2.62. The summed E-state index contributed by atoms with van der Waals surface area (Å²) in [5, 5.41) is 0. The van der Waals surface area contributed by atoms with Crippen molar-refractivity contribution in [2.45, 2.75) is 17.9 Å². The van der Waals surface area contributed by atoms with Crippen molar-refractivity contribution in [3.8, 4) is 0 Å². The molecule has 7 nitrogen and oxygen atoms in total. The van der Waals surface area contributed by atoms with Crippen LogP contribution in [-0.4, -0.2) is 75.6 Å². The molecule has 2 saturated heterocycles. The summed E-state index contributed by atoms with van der Waals surface area (Å²) in [7, 11) is -3.57. The predicted octanol–water partition coefficient (Wildman–Crippen LogP) is 0.568. The fourth-order valence-electron chi connectivity index (χ4n) is 2.92. The number of hydrogen-bond acceptors (Lipinski definition) is 5. The monoisotopic (exact) mass is 354 g/mol. The number of benzene rings is 1. The molecule has 1 amide bonds. The first-order chi connectivity index (χ1) is 11.5. The largest absolute Gasteiger partial charge is 0.378 e. The maximum absolute atomic E-state index is 12.7. The van der Waals surface area contributed by atoms with Crippen molar-refractivity contribution < 1.29 is 22.7 Å². The van der Waals surface area contributed by atoms with Crippen LogP contribution >= 0.6 is 0 Å². The molecule has 2 fully saturated rings. The van der Waals surface area contributed by atoms with Crippen molar-refractivity contribution in [2.75, 3.05) is 46.1 Å². The second-order valence-electron chi connectivity index (χ2n) is 5.97. The molecule has 0 aliphatic carbocycles. The number of rotatable bonds is 3. The summed E-state index contributed by atoms with van der Waals surface area (Å²) >= 11 is 0. The molecule has 0 saturated carbocycles. The minimum atomic E-state index is -3.57. The van der Waals surface area contributed by atoms with Crippen molar-refractivity contribution in [3.05, 3.63) is 29.8 Å². The van der Waals surface area contributed by atoms with Crippen LogP contribution < -0.4 is 0 Å². The molecular formula is C16H22N2O5S. The van der Waals surface area contributed by atoms with E-state index in [2.05, 4.69) is 0 Å². The van der Waals surface area contributed by atoms with Gasteiger partial charge in [0.05, 0.1) is 31.3 Å². The van der Waals surface area contributed by atoms with E-state index in [-0.39, 0.29) is 16.8 Å². The Morgan fingerprint density at radius 3 is 2.29 bits per heavy atom. The lowest BCUT2D eigenvalue weighted by molar-refractivity contribution is 0.0303. The molecule has 0 radical (unpaired) electrons. The lowest BCUT2D eigenvalue weighted by Gasteiger charge is -2.32. The number of nitrogens with zero attached hydrogens (tertiary/aromatic N) is 2. The Morgan fingerprint density at radius 1 is 1.04 bits per heavy atom. The van der Waals surface area contributed by atoms with Gasteiger partial charge in [-0.05, 0) is 31.2 Å². The maximum Gasteiger partial charge on any atom is 0.254 e. The van der Waals surface area contributed by atoms with Gasteiger partial charge in [-0.25, -0.2) is 8.42 Å². The van der Waals surface area contributed by atoms with Crippen LogP contribution in [0.5, 0.6) is 0 Å². The van der Waals surface area contributed by atoms with E-state index in [1.807, 2.05) is 6.92 Å². The zero-order chi connectivity index (χ0) is 17.2. The fraction of sp³-hybridized carbons (Fsp3) is 0.562. The van der Waals surface area contributed by atoms with Crippen molar-refractivity contribution >= 4 is 15.9 Å². The molecule has 3 rings (SSSR count). The first kappa shape index (κ1) is 17.3. The average molecular weight is 354 g/mol. The number of ether oxygens (including phenoxy) is 2. The minimum absolute atomic E-state index is 0.0954. The van der Waals surface area contributed by atoms with Crippen LogP contribution in [0.3, 0.4) is 0 Å². The quantitative estimate of drug-likeness (QED) is 0.793. The van der Waals surface area contributed by atoms with Crippen LogP contribution in [0.2, 0.25) is 0 Å². The van der Waals surface area contributed by atoms with E-state index in [1.54, 1.807) is 17.0 Å². The van der Waals surface area contributed by atoms with E-state index in [0.29, 0.717) is 51.6 Å². The molecule has 2 aliphatic rings. The predicted molar refractivity (Wildman–Crippen MR) is 87.3 cm³/mol. The molecule has 24 heavy (non-hydrogen) atoms. The summed E-state index contributed by atoms with van der Waals surface area (Å²) in [4.78, 5) is 14.3. The molecule has 132 valence electrons. The molecule has 8 heteroatoms. The zero-order valence-corrected chi connectivity index (χ0v) is 14.5. The first-order valence-corrected chi connectivity index (χ1v) is 9.51. The van der Waals surface area contributed by atoms with Crippen molar-refractivity contribution in [1.29, 1.82) is 0 Å². The van der Waals surface area contributed by atoms with Gasteiger partial charge in [0.2, 0.25) is 10.0 Å². The van der Waals surface area contributed by atoms with Crippen molar-refractivity contribution in [3.63, 3.8) is 0 Å². The van der Waals surface area contributed by atoms with Crippen LogP contribution in [-0.2, 0) is 19.5 Å². The Morgan fingerprint density at radius 2 is 1.67 bits per heavy atom. The summed E-state index contributed by atoms with van der Waals surface area (Å²) in [6, 6.07) is 5.97. The summed E-state index contributed by atoms with van der Waals surface area (Å²) < 4.78 is 37.5. The van der Waals surface area contributed by atoms with Gasteiger partial charge in [-0.1, -0.05) is 0 Å². The Labute approximate surface area is 142 Å². The van der Waals surface area contributed by atoms with E-state index in [1.165, 1.54) is 16.4 Å². The normalized spacial score (nSPS) is 23.2. The highest BCUT2D eigenvalue weighted by Crippen LogP contribution is 2.21. The molecule has 0 spiro atoms. The Kier molecular flexibility index (Phi) is 5.19. The van der Waals surface area contributed by atoms with E-state index >= 15 is 0 Å². The number of morpholine rings is 2. The second-order valence-corrected chi connectivity index (χ2v) is 7.86. The van der Waals surface area contributed by atoms with Crippen LogP contribution in [0.1, 0.15) is 17.3 Å². The van der Waals surface area contributed by atoms with Gasteiger partial charge in [0.1, 0.15) is 0 Å². The van der Waals surface area contributed by atoms with Crippen molar-refractivity contribution in [1.82, 2.24) is 9.21 Å². The fourth-order valence-corrected chi connectivity index (χ4v) is 4.52. The molecule has 1 aromatic rings. The summed E-state index contributed by atoms with van der Waals surface area (Å²) in [6.45, 7) is 5.16. The van der Waals surface area contributed by atoms with Gasteiger partial charge in [-0.2, -0.15) is 4.31 Å². The minimum Gasteiger partial charge on any atom is -0.378 e. The van der Waals surface area contributed by atoms with Crippen LogP contribution in [0.25, 0.3) is 0 Å². The zero-order valence-electron chi connectivity index (χ0n) is 13.7. The molecule has 1 aromatic carbocycles. The molecular weight excluding hydrogens is 332 g/mol. The van der Waals surface area contributed by atoms with Crippen LogP contribution in [0.4, 0.5) is 0 Å². The van der Waals surface area contributed by atoms with Gasteiger partial charge in [-0.15, -0.1) is 0 Å². The van der Waals surface area contributed by atoms with Gasteiger partial charge in [-0.3, -0.25) is 4.79 Å². The van der Waals surface area contributed by atoms with Gasteiger partial charge in [0.15, 0.2) is 0 Å². The lowest BCUT2D eigenvalue weighted by Crippen LogP contribution is -2.46. The molecule has 1 unspecified atom stereocenters. The van der Waals surface area contributed by atoms with E-state index < -0.39 is 10.0 Å². The number of hydrogen-bond donors (Lipinski definition) is 0. The Bertz CT molecular complexity index is 683. The van der Waals surface area contributed by atoms with E-state index in [4.69, 9.17) is 9.47 Å². The third kappa shape index (κ3) is 3.46. The highest BCUT2D eigenvalue weighted by molar-refractivity contribution is 7.89. The third-order valence-electron chi connectivity index (χ3n) is 4.31. The number of carbonyl (C=O) groups excluding carboxylic acids is 1. The Balaban J connectivity index is 1.77.